The predicted molar refractivity (Wildman–Crippen MR) is 86.0 cm³/mol. The Hall–Kier alpha value is -2.45. The zero-order chi connectivity index (χ0) is 18.8. The van der Waals surface area contributed by atoms with Gasteiger partial charge in [-0.25, -0.2) is 14.4 Å². The monoisotopic (exact) mass is 351 g/mol. The first kappa shape index (κ1) is 18.9. The number of carbonyl (C=O) groups excluding carboxylic acids is 3. The molecule has 0 spiro atoms. The third-order valence-corrected chi connectivity index (χ3v) is 3.48. The Bertz CT molecular complexity index is 693. The van der Waals surface area contributed by atoms with E-state index in [2.05, 4.69) is 10.1 Å². The third kappa shape index (κ3) is 4.77. The first-order chi connectivity index (χ1) is 11.6. The summed E-state index contributed by atoms with van der Waals surface area (Å²) in [5, 5.41) is 22.7. The lowest BCUT2D eigenvalue weighted by molar-refractivity contribution is 0.0122. The molecule has 0 radical (unpaired) electrons. The maximum Gasteiger partial charge on any atom is 0.407 e. The highest BCUT2D eigenvalue weighted by Crippen LogP contribution is 2.26. The summed E-state index contributed by atoms with van der Waals surface area (Å²) >= 11 is 0. The molecule has 2 rings (SSSR count). The van der Waals surface area contributed by atoms with Gasteiger partial charge in [0.15, 0.2) is 0 Å². The minimum Gasteiger partial charge on any atom is -0.444 e. The second kappa shape index (κ2) is 7.20. The molecule has 1 aliphatic heterocycles. The first-order valence-corrected chi connectivity index (χ1v) is 7.82. The van der Waals surface area contributed by atoms with Gasteiger partial charge in [0.25, 0.3) is 0 Å². The average molecular weight is 351 g/mol. The van der Waals surface area contributed by atoms with Gasteiger partial charge >= 0.3 is 18.0 Å². The average Bonchev–Trinajstić information content (AvgIpc) is 2.79. The van der Waals surface area contributed by atoms with E-state index < -0.39 is 35.8 Å². The second-order valence-electron chi connectivity index (χ2n) is 6.71. The first-order valence-electron chi connectivity index (χ1n) is 7.82. The van der Waals surface area contributed by atoms with Gasteiger partial charge in [0.1, 0.15) is 11.7 Å². The largest absolute Gasteiger partial charge is 0.444 e. The molecule has 2 unspecified atom stereocenters. The molecule has 0 saturated heterocycles. The molecular formula is C17H21NO7. The molecule has 1 aliphatic rings. The molecule has 1 heterocycles. The number of aliphatic hydroxyl groups excluding tert-OH is 2. The van der Waals surface area contributed by atoms with Crippen molar-refractivity contribution in [3.05, 3.63) is 34.9 Å². The molecule has 0 saturated carbocycles. The van der Waals surface area contributed by atoms with Crippen molar-refractivity contribution in [3.63, 3.8) is 0 Å². The minimum absolute atomic E-state index is 0.0561. The standard InChI is InChI=1S/C17H21NO7/c1-17(2,3)25-16(23)18-7-6-12(19)13(20)9-4-5-10-11(8-9)15(22)24-14(10)21/h4-5,8,12-13,19-20H,6-7H2,1-3H3,(H,18,23). The fourth-order valence-electron chi connectivity index (χ4n) is 2.30. The van der Waals surface area contributed by atoms with E-state index in [0.29, 0.717) is 0 Å². The Morgan fingerprint density at radius 2 is 1.84 bits per heavy atom. The molecule has 25 heavy (non-hydrogen) atoms. The molecule has 0 aromatic heterocycles. The smallest absolute Gasteiger partial charge is 0.407 e. The van der Waals surface area contributed by atoms with E-state index in [9.17, 15) is 24.6 Å². The predicted octanol–water partition coefficient (Wildman–Crippen LogP) is 1.31. The molecule has 8 nitrogen and oxygen atoms in total. The number of hydrogen-bond donors (Lipinski definition) is 3. The van der Waals surface area contributed by atoms with Crippen molar-refractivity contribution in [2.45, 2.75) is 45.0 Å². The SMILES string of the molecule is CC(C)(C)OC(=O)NCCC(O)C(O)c1ccc2c(c1)C(=O)OC2=O. The number of carbonyl (C=O) groups is 3. The van der Waals surface area contributed by atoms with Crippen LogP contribution in [0.15, 0.2) is 18.2 Å². The fourth-order valence-corrected chi connectivity index (χ4v) is 2.30. The number of nitrogens with one attached hydrogen (secondary N) is 1. The lowest BCUT2D eigenvalue weighted by Gasteiger charge is -2.21. The summed E-state index contributed by atoms with van der Waals surface area (Å²) in [6.07, 6.45) is -3.01. The molecule has 0 fully saturated rings. The van der Waals surface area contributed by atoms with Gasteiger partial charge in [0.05, 0.1) is 17.2 Å². The van der Waals surface area contributed by atoms with Gasteiger partial charge in [0.2, 0.25) is 0 Å². The van der Waals surface area contributed by atoms with Gasteiger partial charge in [0, 0.05) is 6.54 Å². The number of fused-ring (bicyclic) bond motifs is 1. The van der Waals surface area contributed by atoms with Crippen molar-refractivity contribution >= 4 is 18.0 Å². The Morgan fingerprint density at radius 1 is 1.20 bits per heavy atom. The normalized spacial score (nSPS) is 16.0. The number of esters is 2. The van der Waals surface area contributed by atoms with Gasteiger partial charge in [-0.1, -0.05) is 6.07 Å². The number of amides is 1. The number of rotatable bonds is 5. The van der Waals surface area contributed by atoms with Crippen LogP contribution < -0.4 is 5.32 Å². The van der Waals surface area contributed by atoms with Crippen LogP contribution in [0.2, 0.25) is 0 Å². The maximum atomic E-state index is 11.5. The number of benzene rings is 1. The molecule has 3 N–H and O–H groups in total. The van der Waals surface area contributed by atoms with Gasteiger partial charge in [-0.3, -0.25) is 0 Å². The van der Waals surface area contributed by atoms with E-state index in [4.69, 9.17) is 4.74 Å². The van der Waals surface area contributed by atoms with Crippen LogP contribution in [0, 0.1) is 0 Å². The highest BCUT2D eigenvalue weighted by atomic mass is 16.6. The molecule has 136 valence electrons. The molecule has 8 heteroatoms. The van der Waals surface area contributed by atoms with Crippen molar-refractivity contribution in [2.75, 3.05) is 6.54 Å². The van der Waals surface area contributed by atoms with E-state index in [0.717, 1.165) is 0 Å². The van der Waals surface area contributed by atoms with Crippen molar-refractivity contribution in [1.82, 2.24) is 5.32 Å². The van der Waals surface area contributed by atoms with Crippen LogP contribution in [0.1, 0.15) is 59.6 Å². The topological polar surface area (TPSA) is 122 Å². The van der Waals surface area contributed by atoms with Gasteiger partial charge < -0.3 is 25.0 Å². The lowest BCUT2D eigenvalue weighted by Crippen LogP contribution is -2.34. The Morgan fingerprint density at radius 3 is 2.48 bits per heavy atom. The molecule has 1 aromatic rings. The summed E-state index contributed by atoms with van der Waals surface area (Å²) in [5.41, 5.74) is -0.170. The Balaban J connectivity index is 1.91. The number of aliphatic hydroxyl groups is 2. The maximum absolute atomic E-state index is 11.5. The molecule has 0 aliphatic carbocycles. The Kier molecular flexibility index (Phi) is 5.44. The summed E-state index contributed by atoms with van der Waals surface area (Å²) < 4.78 is 9.53. The van der Waals surface area contributed by atoms with Gasteiger partial charge in [-0.2, -0.15) is 0 Å². The minimum atomic E-state index is -1.28. The number of alkyl carbamates (subject to hydrolysis) is 1. The number of hydrogen-bond acceptors (Lipinski definition) is 7. The zero-order valence-corrected chi connectivity index (χ0v) is 14.2. The number of ether oxygens (including phenoxy) is 2. The van der Waals surface area contributed by atoms with Crippen LogP contribution in [0.3, 0.4) is 0 Å². The third-order valence-electron chi connectivity index (χ3n) is 3.48. The molecule has 2 atom stereocenters. The van der Waals surface area contributed by atoms with Crippen molar-refractivity contribution in [1.29, 1.82) is 0 Å². The lowest BCUT2D eigenvalue weighted by atomic mass is 9.98. The van der Waals surface area contributed by atoms with Gasteiger partial charge in [-0.05, 0) is 44.9 Å². The summed E-state index contributed by atoms with van der Waals surface area (Å²) in [7, 11) is 0. The molecule has 0 bridgehead atoms. The summed E-state index contributed by atoms with van der Waals surface area (Å²) in [5.74, 6) is -1.52. The molecule has 1 aromatic carbocycles. The van der Waals surface area contributed by atoms with Crippen LogP contribution in [-0.2, 0) is 9.47 Å². The summed E-state index contributed by atoms with van der Waals surface area (Å²) in [4.78, 5) is 34.4. The number of cyclic esters (lactones) is 2. The Labute approximate surface area is 144 Å². The van der Waals surface area contributed by atoms with Gasteiger partial charge in [-0.15, -0.1) is 0 Å². The van der Waals surface area contributed by atoms with E-state index in [1.807, 2.05) is 0 Å². The second-order valence-corrected chi connectivity index (χ2v) is 6.71. The highest BCUT2D eigenvalue weighted by molar-refractivity contribution is 6.14. The molecular weight excluding hydrogens is 330 g/mol. The van der Waals surface area contributed by atoms with E-state index in [1.165, 1.54) is 18.2 Å². The van der Waals surface area contributed by atoms with Crippen LogP contribution in [0.5, 0.6) is 0 Å². The van der Waals surface area contributed by atoms with Crippen molar-refractivity contribution in [3.8, 4) is 0 Å². The fraction of sp³-hybridized carbons (Fsp3) is 0.471. The van der Waals surface area contributed by atoms with Crippen LogP contribution in [0.4, 0.5) is 4.79 Å². The van der Waals surface area contributed by atoms with E-state index in [1.54, 1.807) is 20.8 Å². The van der Waals surface area contributed by atoms with Crippen LogP contribution in [0.25, 0.3) is 0 Å². The highest BCUT2D eigenvalue weighted by Gasteiger charge is 2.31. The summed E-state index contributed by atoms with van der Waals surface area (Å²) in [6, 6.07) is 4.12. The quantitative estimate of drug-likeness (QED) is 0.540. The van der Waals surface area contributed by atoms with E-state index >= 15 is 0 Å². The van der Waals surface area contributed by atoms with Crippen LogP contribution in [-0.4, -0.2) is 46.5 Å². The van der Waals surface area contributed by atoms with Crippen molar-refractivity contribution in [2.24, 2.45) is 0 Å². The van der Waals surface area contributed by atoms with E-state index in [-0.39, 0.29) is 29.7 Å². The molecule has 1 amide bonds. The van der Waals surface area contributed by atoms with Crippen LogP contribution >= 0.6 is 0 Å². The zero-order valence-electron chi connectivity index (χ0n) is 14.2. The summed E-state index contributed by atoms with van der Waals surface area (Å²) in [6.45, 7) is 5.29. The van der Waals surface area contributed by atoms with Crippen molar-refractivity contribution < 1.29 is 34.1 Å².